The van der Waals surface area contributed by atoms with Crippen molar-refractivity contribution >= 4 is 11.0 Å². The van der Waals surface area contributed by atoms with Crippen molar-refractivity contribution in [1.29, 1.82) is 0 Å². The molecule has 0 atom stereocenters. The highest BCUT2D eigenvalue weighted by molar-refractivity contribution is 5.74. The smallest absolute Gasteiger partial charge is 0.0958 e. The second-order valence-electron chi connectivity index (χ2n) is 5.34. The van der Waals surface area contributed by atoms with E-state index in [-0.39, 0.29) is 0 Å². The Morgan fingerprint density at radius 1 is 1.26 bits per heavy atom. The Hall–Kier alpha value is -2.07. The fourth-order valence-electron chi connectivity index (χ4n) is 2.42. The Bertz CT molecular complexity index is 644. The minimum Gasteiger partial charge on any atom is -0.498 e. The zero-order valence-electron chi connectivity index (χ0n) is 14.1. The summed E-state index contributed by atoms with van der Waals surface area (Å²) >= 11 is 0. The van der Waals surface area contributed by atoms with E-state index in [2.05, 4.69) is 34.7 Å². The third-order valence-corrected chi connectivity index (χ3v) is 3.54. The summed E-state index contributed by atoms with van der Waals surface area (Å²) in [5, 5.41) is 0. The Morgan fingerprint density at radius 2 is 2.13 bits per heavy atom. The normalized spacial score (nSPS) is 12.3. The summed E-state index contributed by atoms with van der Waals surface area (Å²) in [6.07, 6.45) is 10.9. The molecule has 1 aromatic heterocycles. The van der Waals surface area contributed by atoms with Crippen molar-refractivity contribution in [2.24, 2.45) is 0 Å². The number of aromatic nitrogens is 2. The number of fused-ring (bicyclic) bond motifs is 1. The molecule has 0 radical (unpaired) electrons. The summed E-state index contributed by atoms with van der Waals surface area (Å²) in [5.41, 5.74) is 2.22. The van der Waals surface area contributed by atoms with Gasteiger partial charge in [-0.25, -0.2) is 4.98 Å². The molecule has 0 saturated carbocycles. The molecule has 0 aliphatic rings. The molecule has 0 amide bonds. The number of nitrogens with zero attached hydrogens (tertiary/aromatic N) is 2. The lowest BCUT2D eigenvalue weighted by molar-refractivity contribution is 0.198. The van der Waals surface area contributed by atoms with E-state index in [0.29, 0.717) is 6.61 Å². The van der Waals surface area contributed by atoms with Gasteiger partial charge in [-0.1, -0.05) is 31.2 Å². The van der Waals surface area contributed by atoms with Crippen molar-refractivity contribution in [1.82, 2.24) is 9.55 Å². The predicted molar refractivity (Wildman–Crippen MR) is 94.3 cm³/mol. The first-order valence-electron chi connectivity index (χ1n) is 8.20. The van der Waals surface area contributed by atoms with E-state index in [9.17, 15) is 0 Å². The average molecular weight is 314 g/mol. The van der Waals surface area contributed by atoms with Crippen LogP contribution in [0.15, 0.2) is 54.6 Å². The summed E-state index contributed by atoms with van der Waals surface area (Å²) in [5.74, 6) is 1.04. The number of imidazole rings is 1. The SMILES string of the molecule is CC/C=C(\C/C=C\COC)OCCCn1cnc2ccccc21. The topological polar surface area (TPSA) is 36.3 Å². The maximum absolute atomic E-state index is 5.91. The van der Waals surface area contributed by atoms with Gasteiger partial charge in [-0.15, -0.1) is 0 Å². The molecule has 1 heterocycles. The number of hydrogen-bond donors (Lipinski definition) is 0. The average Bonchev–Trinajstić information content (AvgIpc) is 2.98. The number of para-hydroxylation sites is 2. The molecule has 0 aliphatic heterocycles. The van der Waals surface area contributed by atoms with Gasteiger partial charge in [-0.05, 0) is 31.1 Å². The number of rotatable bonds is 10. The quantitative estimate of drug-likeness (QED) is 0.372. The molecule has 2 aromatic rings. The lowest BCUT2D eigenvalue weighted by Gasteiger charge is -2.10. The fourth-order valence-corrected chi connectivity index (χ4v) is 2.42. The van der Waals surface area contributed by atoms with Gasteiger partial charge >= 0.3 is 0 Å². The summed E-state index contributed by atoms with van der Waals surface area (Å²) in [6.45, 7) is 4.41. The Morgan fingerprint density at radius 3 is 2.96 bits per heavy atom. The van der Waals surface area contributed by atoms with Crippen LogP contribution in [0.25, 0.3) is 11.0 Å². The number of allylic oxidation sites excluding steroid dienone is 2. The molecule has 4 nitrogen and oxygen atoms in total. The third kappa shape index (κ3) is 5.57. The van der Waals surface area contributed by atoms with Crippen LogP contribution in [0.4, 0.5) is 0 Å². The van der Waals surface area contributed by atoms with Crippen LogP contribution in [0.3, 0.4) is 0 Å². The van der Waals surface area contributed by atoms with Gasteiger partial charge in [0.05, 0.1) is 36.3 Å². The molecule has 2 rings (SSSR count). The van der Waals surface area contributed by atoms with Crippen molar-refractivity contribution in [2.45, 2.75) is 32.7 Å². The van der Waals surface area contributed by atoms with Gasteiger partial charge in [0.1, 0.15) is 0 Å². The minimum absolute atomic E-state index is 0.646. The first kappa shape index (κ1) is 17.3. The second kappa shape index (κ2) is 9.85. The van der Waals surface area contributed by atoms with Crippen LogP contribution in [-0.2, 0) is 16.0 Å². The number of ether oxygens (including phenoxy) is 2. The van der Waals surface area contributed by atoms with Crippen molar-refractivity contribution in [2.75, 3.05) is 20.3 Å². The highest BCUT2D eigenvalue weighted by atomic mass is 16.5. The van der Waals surface area contributed by atoms with Gasteiger partial charge in [-0.2, -0.15) is 0 Å². The summed E-state index contributed by atoms with van der Waals surface area (Å²) < 4.78 is 13.1. The van der Waals surface area contributed by atoms with E-state index in [1.54, 1.807) is 7.11 Å². The maximum atomic E-state index is 5.91. The van der Waals surface area contributed by atoms with E-state index < -0.39 is 0 Å². The zero-order chi connectivity index (χ0) is 16.3. The van der Waals surface area contributed by atoms with E-state index in [4.69, 9.17) is 9.47 Å². The molecular weight excluding hydrogens is 288 g/mol. The molecule has 23 heavy (non-hydrogen) atoms. The van der Waals surface area contributed by atoms with Crippen molar-refractivity contribution in [3.05, 3.63) is 54.6 Å². The molecule has 0 bridgehead atoms. The Balaban J connectivity index is 1.77. The second-order valence-corrected chi connectivity index (χ2v) is 5.34. The summed E-state index contributed by atoms with van der Waals surface area (Å²) in [7, 11) is 1.70. The molecule has 0 N–H and O–H groups in total. The highest BCUT2D eigenvalue weighted by Gasteiger charge is 2.01. The summed E-state index contributed by atoms with van der Waals surface area (Å²) in [6, 6.07) is 8.20. The molecule has 0 saturated heterocycles. The number of hydrogen-bond acceptors (Lipinski definition) is 3. The van der Waals surface area contributed by atoms with Gasteiger partial charge in [-0.3, -0.25) is 0 Å². The standard InChI is InChI=1S/C19H26N2O2/c1-3-9-17(10-6-7-14-22-2)23-15-8-13-21-16-20-18-11-4-5-12-19(18)21/h4-7,9,11-12,16H,3,8,10,13-15H2,1-2H3/b7-6-,17-9+. The van der Waals surface area contributed by atoms with Gasteiger partial charge in [0, 0.05) is 20.1 Å². The fraction of sp³-hybridized carbons (Fsp3) is 0.421. The van der Waals surface area contributed by atoms with E-state index in [1.165, 1.54) is 5.52 Å². The number of benzene rings is 1. The van der Waals surface area contributed by atoms with Crippen molar-refractivity contribution < 1.29 is 9.47 Å². The third-order valence-electron chi connectivity index (χ3n) is 3.54. The van der Waals surface area contributed by atoms with E-state index in [1.807, 2.05) is 30.6 Å². The molecule has 0 spiro atoms. The highest BCUT2D eigenvalue weighted by Crippen LogP contribution is 2.13. The largest absolute Gasteiger partial charge is 0.498 e. The van der Waals surface area contributed by atoms with Gasteiger partial charge in [0.25, 0.3) is 0 Å². The van der Waals surface area contributed by atoms with Gasteiger partial charge < -0.3 is 14.0 Å². The van der Waals surface area contributed by atoms with Crippen LogP contribution >= 0.6 is 0 Å². The van der Waals surface area contributed by atoms with Gasteiger partial charge in [0.2, 0.25) is 0 Å². The monoisotopic (exact) mass is 314 g/mol. The van der Waals surface area contributed by atoms with Crippen LogP contribution in [0.2, 0.25) is 0 Å². The lowest BCUT2D eigenvalue weighted by atomic mass is 10.2. The zero-order valence-corrected chi connectivity index (χ0v) is 14.1. The molecule has 4 heteroatoms. The first-order valence-corrected chi connectivity index (χ1v) is 8.20. The summed E-state index contributed by atoms with van der Waals surface area (Å²) in [4.78, 5) is 4.41. The molecule has 0 aliphatic carbocycles. The maximum Gasteiger partial charge on any atom is 0.0958 e. The molecular formula is C19H26N2O2. The minimum atomic E-state index is 0.646. The van der Waals surface area contributed by atoms with Crippen LogP contribution < -0.4 is 0 Å². The number of aryl methyl sites for hydroxylation is 1. The van der Waals surface area contributed by atoms with Crippen molar-refractivity contribution in [3.63, 3.8) is 0 Å². The van der Waals surface area contributed by atoms with Crippen LogP contribution in [0.1, 0.15) is 26.2 Å². The van der Waals surface area contributed by atoms with Gasteiger partial charge in [0.15, 0.2) is 0 Å². The molecule has 0 unspecified atom stereocenters. The molecule has 0 fully saturated rings. The Labute approximate surface area is 138 Å². The lowest BCUT2D eigenvalue weighted by Crippen LogP contribution is -2.02. The first-order chi connectivity index (χ1) is 11.3. The predicted octanol–water partition coefficient (Wildman–Crippen LogP) is 4.33. The van der Waals surface area contributed by atoms with Crippen LogP contribution in [0.5, 0.6) is 0 Å². The number of methoxy groups -OCH3 is 1. The molecule has 124 valence electrons. The van der Waals surface area contributed by atoms with E-state index in [0.717, 1.165) is 43.7 Å². The van der Waals surface area contributed by atoms with Crippen LogP contribution in [-0.4, -0.2) is 29.9 Å². The van der Waals surface area contributed by atoms with Crippen LogP contribution in [0, 0.1) is 0 Å². The van der Waals surface area contributed by atoms with E-state index >= 15 is 0 Å². The Kier molecular flexibility index (Phi) is 7.40. The van der Waals surface area contributed by atoms with Crippen molar-refractivity contribution in [3.8, 4) is 0 Å². The molecule has 1 aromatic carbocycles.